The highest BCUT2D eigenvalue weighted by Gasteiger charge is 2.09. The molecular weight excluding hydrogens is 250 g/mol. The smallest absolute Gasteiger partial charge is 0.335 e. The summed E-state index contributed by atoms with van der Waals surface area (Å²) in [5.41, 5.74) is 8.00. The maximum Gasteiger partial charge on any atom is 0.335 e. The molecule has 2 aromatic rings. The standard InChI is InChI=1S/C12H13N3O2S/c1-6-7(2)18-12(14-6)15-10-5-8(11(16)17)3-4-9(10)13/h3-5H,13H2,1-2H3,(H,14,15)(H,16,17). The van der Waals surface area contributed by atoms with E-state index in [1.54, 1.807) is 6.07 Å². The minimum absolute atomic E-state index is 0.191. The molecule has 18 heavy (non-hydrogen) atoms. The SMILES string of the molecule is Cc1nc(Nc2cc(C(=O)O)ccc2N)sc1C. The molecule has 2 rings (SSSR count). The van der Waals surface area contributed by atoms with Crippen molar-refractivity contribution in [3.8, 4) is 0 Å². The number of nitrogen functional groups attached to an aromatic ring is 1. The van der Waals surface area contributed by atoms with Gasteiger partial charge in [-0.2, -0.15) is 0 Å². The van der Waals surface area contributed by atoms with E-state index < -0.39 is 5.97 Å². The molecule has 0 spiro atoms. The van der Waals surface area contributed by atoms with Gasteiger partial charge in [0.05, 0.1) is 22.6 Å². The second kappa shape index (κ2) is 4.66. The van der Waals surface area contributed by atoms with E-state index in [0.717, 1.165) is 10.6 Å². The van der Waals surface area contributed by atoms with Crippen molar-refractivity contribution in [2.45, 2.75) is 13.8 Å². The highest BCUT2D eigenvalue weighted by atomic mass is 32.1. The first kappa shape index (κ1) is 12.4. The number of aryl methyl sites for hydroxylation is 2. The molecule has 0 aliphatic heterocycles. The molecule has 0 saturated heterocycles. The average molecular weight is 263 g/mol. The Kier molecular flexibility index (Phi) is 3.20. The fourth-order valence-corrected chi connectivity index (χ4v) is 2.27. The van der Waals surface area contributed by atoms with E-state index in [1.165, 1.54) is 23.5 Å². The minimum atomic E-state index is -0.982. The molecular formula is C12H13N3O2S. The number of carbonyl (C=O) groups is 1. The van der Waals surface area contributed by atoms with Crippen LogP contribution in [0.25, 0.3) is 0 Å². The molecule has 6 heteroatoms. The number of hydrogen-bond acceptors (Lipinski definition) is 5. The summed E-state index contributed by atoms with van der Waals surface area (Å²) >= 11 is 1.51. The van der Waals surface area contributed by atoms with Crippen LogP contribution >= 0.6 is 11.3 Å². The maximum atomic E-state index is 10.9. The molecule has 0 aliphatic carbocycles. The van der Waals surface area contributed by atoms with Gasteiger partial charge in [0.2, 0.25) is 0 Å². The lowest BCUT2D eigenvalue weighted by Gasteiger charge is -2.07. The second-order valence-corrected chi connectivity index (χ2v) is 5.10. The largest absolute Gasteiger partial charge is 0.478 e. The number of thiazole rings is 1. The molecule has 0 radical (unpaired) electrons. The Bertz CT molecular complexity index is 588. The summed E-state index contributed by atoms with van der Waals surface area (Å²) in [5.74, 6) is -0.982. The fourth-order valence-electron chi connectivity index (χ4n) is 1.44. The van der Waals surface area contributed by atoms with E-state index in [0.29, 0.717) is 16.5 Å². The molecule has 1 heterocycles. The number of aromatic nitrogens is 1. The zero-order valence-corrected chi connectivity index (χ0v) is 10.8. The number of carboxylic acids is 1. The summed E-state index contributed by atoms with van der Waals surface area (Å²) in [7, 11) is 0. The van der Waals surface area contributed by atoms with Gasteiger partial charge in [0, 0.05) is 4.88 Å². The van der Waals surface area contributed by atoms with E-state index in [9.17, 15) is 4.79 Å². The number of carboxylic acid groups (broad SMARTS) is 1. The number of rotatable bonds is 3. The molecule has 0 saturated carbocycles. The normalized spacial score (nSPS) is 10.3. The van der Waals surface area contributed by atoms with Gasteiger partial charge in [-0.15, -0.1) is 11.3 Å². The highest BCUT2D eigenvalue weighted by Crippen LogP contribution is 2.28. The first-order valence-corrected chi connectivity index (χ1v) is 6.13. The molecule has 0 amide bonds. The summed E-state index contributed by atoms with van der Waals surface area (Å²) in [6.07, 6.45) is 0. The van der Waals surface area contributed by atoms with Crippen LogP contribution in [0.5, 0.6) is 0 Å². The Morgan fingerprint density at radius 2 is 2.17 bits per heavy atom. The van der Waals surface area contributed by atoms with Crippen LogP contribution in [0.15, 0.2) is 18.2 Å². The summed E-state index contributed by atoms with van der Waals surface area (Å²) in [6, 6.07) is 4.55. The Morgan fingerprint density at radius 3 is 2.72 bits per heavy atom. The highest BCUT2D eigenvalue weighted by molar-refractivity contribution is 7.15. The van der Waals surface area contributed by atoms with Crippen molar-refractivity contribution in [2.24, 2.45) is 0 Å². The molecule has 0 unspecified atom stereocenters. The number of anilines is 3. The van der Waals surface area contributed by atoms with Crippen LogP contribution in [-0.4, -0.2) is 16.1 Å². The lowest BCUT2D eigenvalue weighted by atomic mass is 10.2. The van der Waals surface area contributed by atoms with E-state index in [1.807, 2.05) is 13.8 Å². The molecule has 1 aromatic carbocycles. The monoisotopic (exact) mass is 263 g/mol. The molecule has 4 N–H and O–H groups in total. The van der Waals surface area contributed by atoms with Crippen molar-refractivity contribution >= 4 is 33.8 Å². The third-order valence-electron chi connectivity index (χ3n) is 2.57. The van der Waals surface area contributed by atoms with E-state index in [2.05, 4.69) is 10.3 Å². The number of nitrogens with two attached hydrogens (primary N) is 1. The molecule has 1 aromatic heterocycles. The predicted octanol–water partition coefficient (Wildman–Crippen LogP) is 2.78. The summed E-state index contributed by atoms with van der Waals surface area (Å²) < 4.78 is 0. The van der Waals surface area contributed by atoms with Gasteiger partial charge in [0.25, 0.3) is 0 Å². The molecule has 0 fully saturated rings. The first-order valence-electron chi connectivity index (χ1n) is 5.31. The van der Waals surface area contributed by atoms with Crippen molar-refractivity contribution in [1.29, 1.82) is 0 Å². The third-order valence-corrected chi connectivity index (χ3v) is 3.56. The van der Waals surface area contributed by atoms with Gasteiger partial charge in [0.15, 0.2) is 5.13 Å². The topological polar surface area (TPSA) is 88.2 Å². The Morgan fingerprint density at radius 1 is 1.44 bits per heavy atom. The van der Waals surface area contributed by atoms with Gasteiger partial charge in [-0.3, -0.25) is 0 Å². The summed E-state index contributed by atoms with van der Waals surface area (Å²) in [4.78, 5) is 16.3. The van der Waals surface area contributed by atoms with Gasteiger partial charge in [-0.05, 0) is 32.0 Å². The number of aromatic carboxylic acids is 1. The summed E-state index contributed by atoms with van der Waals surface area (Å²) in [6.45, 7) is 3.91. The Hall–Kier alpha value is -2.08. The van der Waals surface area contributed by atoms with Crippen LogP contribution in [0.4, 0.5) is 16.5 Å². The van der Waals surface area contributed by atoms with Gasteiger partial charge >= 0.3 is 5.97 Å². The van der Waals surface area contributed by atoms with Gasteiger partial charge in [0.1, 0.15) is 0 Å². The molecule has 94 valence electrons. The Balaban J connectivity index is 2.33. The zero-order valence-electron chi connectivity index (χ0n) is 10.0. The number of nitrogens with one attached hydrogen (secondary N) is 1. The van der Waals surface area contributed by atoms with Crippen molar-refractivity contribution in [3.05, 3.63) is 34.3 Å². The maximum absolute atomic E-state index is 10.9. The van der Waals surface area contributed by atoms with Crippen molar-refractivity contribution < 1.29 is 9.90 Å². The Labute approximate surface area is 108 Å². The minimum Gasteiger partial charge on any atom is -0.478 e. The van der Waals surface area contributed by atoms with Crippen molar-refractivity contribution in [1.82, 2.24) is 4.98 Å². The van der Waals surface area contributed by atoms with Crippen molar-refractivity contribution in [3.63, 3.8) is 0 Å². The molecule has 0 bridgehead atoms. The number of hydrogen-bond donors (Lipinski definition) is 3. The summed E-state index contributed by atoms with van der Waals surface area (Å²) in [5, 5.41) is 12.7. The van der Waals surface area contributed by atoms with Crippen LogP contribution in [0.2, 0.25) is 0 Å². The van der Waals surface area contributed by atoms with Crippen LogP contribution in [0.3, 0.4) is 0 Å². The van der Waals surface area contributed by atoms with Crippen LogP contribution < -0.4 is 11.1 Å². The van der Waals surface area contributed by atoms with E-state index >= 15 is 0 Å². The third kappa shape index (κ3) is 2.43. The quantitative estimate of drug-likeness (QED) is 0.741. The lowest BCUT2D eigenvalue weighted by molar-refractivity contribution is 0.0697. The number of nitrogens with zero attached hydrogens (tertiary/aromatic N) is 1. The average Bonchev–Trinajstić information content (AvgIpc) is 2.61. The second-order valence-electron chi connectivity index (χ2n) is 3.89. The first-order chi connectivity index (χ1) is 8.47. The fraction of sp³-hybridized carbons (Fsp3) is 0.167. The zero-order chi connectivity index (χ0) is 13.3. The van der Waals surface area contributed by atoms with Gasteiger partial charge in [-0.1, -0.05) is 0 Å². The van der Waals surface area contributed by atoms with E-state index in [4.69, 9.17) is 10.8 Å². The van der Waals surface area contributed by atoms with Gasteiger partial charge in [-0.25, -0.2) is 9.78 Å². The lowest BCUT2D eigenvalue weighted by Crippen LogP contribution is -2.01. The predicted molar refractivity (Wildman–Crippen MR) is 72.7 cm³/mol. The van der Waals surface area contributed by atoms with Crippen LogP contribution in [-0.2, 0) is 0 Å². The van der Waals surface area contributed by atoms with Crippen LogP contribution in [0.1, 0.15) is 20.9 Å². The van der Waals surface area contributed by atoms with Gasteiger partial charge < -0.3 is 16.2 Å². The van der Waals surface area contributed by atoms with Crippen LogP contribution in [0, 0.1) is 13.8 Å². The molecule has 5 nitrogen and oxygen atoms in total. The van der Waals surface area contributed by atoms with E-state index in [-0.39, 0.29) is 5.56 Å². The molecule has 0 aliphatic rings. The number of benzene rings is 1. The molecule has 0 atom stereocenters. The van der Waals surface area contributed by atoms with Crippen molar-refractivity contribution in [2.75, 3.05) is 11.1 Å².